The first kappa shape index (κ1) is 19.1. The molecule has 4 rings (SSSR count). The third kappa shape index (κ3) is 4.43. The molecular formula is C23H19NO4S. The third-order valence-corrected chi connectivity index (χ3v) is 6.08. The number of amides is 1. The van der Waals surface area contributed by atoms with Crippen molar-refractivity contribution in [3.63, 3.8) is 0 Å². The van der Waals surface area contributed by atoms with Crippen LogP contribution in [0.1, 0.15) is 21.5 Å². The van der Waals surface area contributed by atoms with Crippen LogP contribution in [0.5, 0.6) is 0 Å². The van der Waals surface area contributed by atoms with Crippen molar-refractivity contribution in [3.05, 3.63) is 95.6 Å². The highest BCUT2D eigenvalue weighted by atomic mass is 32.2. The molecule has 0 saturated heterocycles. The number of cyclic esters (lactones) is 1. The Morgan fingerprint density at radius 3 is 2.59 bits per heavy atom. The van der Waals surface area contributed by atoms with E-state index < -0.39 is 22.9 Å². The van der Waals surface area contributed by atoms with Crippen LogP contribution in [0, 0.1) is 0 Å². The summed E-state index contributed by atoms with van der Waals surface area (Å²) in [5.74, 6) is -0.521. The number of hydrogen-bond acceptors (Lipinski definition) is 4. The number of rotatable bonds is 5. The SMILES string of the molecule is O=C1O[C@H](C(=O)Nc2cccc(C[S@](=O)c3ccccc3)c2)Cc2ccccc21. The van der Waals surface area contributed by atoms with Crippen molar-refractivity contribution in [2.75, 3.05) is 5.32 Å². The minimum absolute atomic E-state index is 0.339. The normalized spacial score (nSPS) is 16.4. The van der Waals surface area contributed by atoms with E-state index in [0.717, 1.165) is 16.0 Å². The van der Waals surface area contributed by atoms with Crippen molar-refractivity contribution in [2.45, 2.75) is 23.2 Å². The average molecular weight is 405 g/mol. The number of benzene rings is 3. The lowest BCUT2D eigenvalue weighted by Crippen LogP contribution is -2.37. The highest BCUT2D eigenvalue weighted by Gasteiger charge is 2.31. The van der Waals surface area contributed by atoms with Gasteiger partial charge in [-0.2, -0.15) is 0 Å². The summed E-state index contributed by atoms with van der Waals surface area (Å²) in [4.78, 5) is 25.5. The third-order valence-electron chi connectivity index (χ3n) is 4.68. The molecule has 1 aliphatic rings. The van der Waals surface area contributed by atoms with Crippen LogP contribution in [-0.2, 0) is 32.5 Å². The summed E-state index contributed by atoms with van der Waals surface area (Å²) in [7, 11) is -1.17. The van der Waals surface area contributed by atoms with Crippen LogP contribution in [0.25, 0.3) is 0 Å². The zero-order valence-electron chi connectivity index (χ0n) is 15.5. The smallest absolute Gasteiger partial charge is 0.339 e. The van der Waals surface area contributed by atoms with Crippen molar-refractivity contribution < 1.29 is 18.5 Å². The molecule has 0 fully saturated rings. The second kappa shape index (κ2) is 8.41. The zero-order chi connectivity index (χ0) is 20.2. The molecule has 6 heteroatoms. The molecule has 146 valence electrons. The fourth-order valence-electron chi connectivity index (χ4n) is 3.25. The Morgan fingerprint density at radius 2 is 1.76 bits per heavy atom. The zero-order valence-corrected chi connectivity index (χ0v) is 16.4. The Morgan fingerprint density at radius 1 is 1.00 bits per heavy atom. The van der Waals surface area contributed by atoms with Crippen molar-refractivity contribution >= 4 is 28.4 Å². The molecule has 3 aromatic carbocycles. The largest absolute Gasteiger partial charge is 0.448 e. The molecule has 0 spiro atoms. The molecule has 2 atom stereocenters. The van der Waals surface area contributed by atoms with Gasteiger partial charge in [-0.1, -0.05) is 48.5 Å². The molecule has 1 amide bonds. The van der Waals surface area contributed by atoms with E-state index in [9.17, 15) is 13.8 Å². The molecule has 3 aromatic rings. The first-order chi connectivity index (χ1) is 14.1. The van der Waals surface area contributed by atoms with Gasteiger partial charge in [0.05, 0.1) is 22.1 Å². The molecule has 0 aliphatic carbocycles. The van der Waals surface area contributed by atoms with Gasteiger partial charge >= 0.3 is 5.97 Å². The molecular weight excluding hydrogens is 386 g/mol. The Bertz CT molecular complexity index is 1080. The molecule has 1 aliphatic heterocycles. The van der Waals surface area contributed by atoms with Crippen molar-refractivity contribution in [1.29, 1.82) is 0 Å². The first-order valence-corrected chi connectivity index (χ1v) is 10.5. The van der Waals surface area contributed by atoms with E-state index >= 15 is 0 Å². The number of carbonyl (C=O) groups excluding carboxylic acids is 2. The highest BCUT2D eigenvalue weighted by Crippen LogP contribution is 2.22. The van der Waals surface area contributed by atoms with Crippen LogP contribution >= 0.6 is 0 Å². The quantitative estimate of drug-likeness (QED) is 0.657. The molecule has 1 N–H and O–H groups in total. The maximum absolute atomic E-state index is 12.6. The topological polar surface area (TPSA) is 72.5 Å². The molecule has 1 heterocycles. The summed E-state index contributed by atoms with van der Waals surface area (Å²) in [6.45, 7) is 0. The van der Waals surface area contributed by atoms with Crippen molar-refractivity contribution in [2.24, 2.45) is 0 Å². The fourth-order valence-corrected chi connectivity index (χ4v) is 4.36. The monoisotopic (exact) mass is 405 g/mol. The summed E-state index contributed by atoms with van der Waals surface area (Å²) in [5, 5.41) is 2.80. The van der Waals surface area contributed by atoms with Gasteiger partial charge in [0, 0.05) is 17.0 Å². The number of esters is 1. The van der Waals surface area contributed by atoms with Gasteiger partial charge in [-0.3, -0.25) is 9.00 Å². The number of carbonyl (C=O) groups is 2. The summed E-state index contributed by atoms with van der Waals surface area (Å²) >= 11 is 0. The standard InChI is InChI=1S/C23H19NO4S/c25-22(21-14-17-8-4-5-12-20(17)23(26)28-21)24-18-9-6-7-16(13-18)15-29(27)19-10-2-1-3-11-19/h1-13,21H,14-15H2,(H,24,25)/t21-,29-/m0/s1. The Hall–Kier alpha value is -3.25. The molecule has 0 saturated carbocycles. The van der Waals surface area contributed by atoms with Crippen LogP contribution in [0.3, 0.4) is 0 Å². The van der Waals surface area contributed by atoms with Gasteiger partial charge in [0.15, 0.2) is 6.10 Å². The highest BCUT2D eigenvalue weighted by molar-refractivity contribution is 7.84. The maximum atomic E-state index is 12.6. The number of hydrogen-bond donors (Lipinski definition) is 1. The maximum Gasteiger partial charge on any atom is 0.339 e. The van der Waals surface area contributed by atoms with E-state index in [4.69, 9.17) is 4.74 Å². The van der Waals surface area contributed by atoms with Crippen molar-refractivity contribution in [3.8, 4) is 0 Å². The summed E-state index contributed by atoms with van der Waals surface area (Å²) < 4.78 is 17.8. The summed E-state index contributed by atoms with van der Waals surface area (Å²) in [5.41, 5.74) is 2.72. The minimum Gasteiger partial charge on any atom is -0.448 e. The van der Waals surface area contributed by atoms with Crippen molar-refractivity contribution in [1.82, 2.24) is 0 Å². The first-order valence-electron chi connectivity index (χ1n) is 9.22. The molecule has 0 radical (unpaired) electrons. The minimum atomic E-state index is -1.17. The predicted molar refractivity (Wildman–Crippen MR) is 111 cm³/mol. The van der Waals surface area contributed by atoms with Crippen LogP contribution in [-0.4, -0.2) is 22.2 Å². The molecule has 0 bridgehead atoms. The van der Waals surface area contributed by atoms with Gasteiger partial charge in [0.1, 0.15) is 0 Å². The molecule has 0 aromatic heterocycles. The van der Waals surface area contributed by atoms with E-state index in [1.165, 1.54) is 0 Å². The van der Waals surface area contributed by atoms with E-state index in [2.05, 4.69) is 5.32 Å². The lowest BCUT2D eigenvalue weighted by Gasteiger charge is -2.23. The van der Waals surface area contributed by atoms with Gasteiger partial charge < -0.3 is 10.1 Å². The Labute approximate surface area is 171 Å². The molecule has 0 unspecified atom stereocenters. The van der Waals surface area contributed by atoms with E-state index in [-0.39, 0.29) is 5.91 Å². The second-order valence-corrected chi connectivity index (χ2v) is 8.20. The second-order valence-electron chi connectivity index (χ2n) is 6.75. The number of anilines is 1. The van der Waals surface area contributed by atoms with Gasteiger partial charge in [0.25, 0.3) is 5.91 Å². The van der Waals surface area contributed by atoms with E-state index in [1.807, 2.05) is 48.5 Å². The van der Waals surface area contributed by atoms with Gasteiger partial charge in [-0.05, 0) is 41.5 Å². The van der Waals surface area contributed by atoms with E-state index in [1.54, 1.807) is 30.3 Å². The number of ether oxygens (including phenoxy) is 1. The van der Waals surface area contributed by atoms with Gasteiger partial charge in [0.2, 0.25) is 0 Å². The molecule has 5 nitrogen and oxygen atoms in total. The van der Waals surface area contributed by atoms with Crippen LogP contribution in [0.15, 0.2) is 83.8 Å². The summed E-state index contributed by atoms with van der Waals surface area (Å²) in [6, 6.07) is 23.6. The lowest BCUT2D eigenvalue weighted by molar-refractivity contribution is -0.125. The number of fused-ring (bicyclic) bond motifs is 1. The Kier molecular flexibility index (Phi) is 5.53. The van der Waals surface area contributed by atoms with Crippen LogP contribution in [0.2, 0.25) is 0 Å². The summed E-state index contributed by atoms with van der Waals surface area (Å²) in [6.07, 6.45) is -0.537. The fraction of sp³-hybridized carbons (Fsp3) is 0.130. The Balaban J connectivity index is 1.44. The average Bonchev–Trinajstić information content (AvgIpc) is 2.74. The van der Waals surface area contributed by atoms with Gasteiger partial charge in [-0.15, -0.1) is 0 Å². The van der Waals surface area contributed by atoms with Gasteiger partial charge in [-0.25, -0.2) is 4.79 Å². The predicted octanol–water partition coefficient (Wildman–Crippen LogP) is 3.71. The van der Waals surface area contributed by atoms with Crippen LogP contribution in [0.4, 0.5) is 5.69 Å². The number of nitrogens with one attached hydrogen (secondary N) is 1. The van der Waals surface area contributed by atoms with Crippen LogP contribution < -0.4 is 5.32 Å². The molecule has 29 heavy (non-hydrogen) atoms. The lowest BCUT2D eigenvalue weighted by atomic mass is 9.98. The van der Waals surface area contributed by atoms with E-state index in [0.29, 0.717) is 23.4 Å².